The number of rotatable bonds is 6. The Morgan fingerprint density at radius 2 is 1.15 bits per heavy atom. The molecule has 3 aromatic rings. The molecule has 0 amide bonds. The van der Waals surface area contributed by atoms with Crippen LogP contribution in [0.2, 0.25) is 0 Å². The van der Waals surface area contributed by atoms with Gasteiger partial charge in [-0.3, -0.25) is 9.69 Å². The van der Waals surface area contributed by atoms with Gasteiger partial charge in [-0.25, -0.2) is 9.59 Å². The van der Waals surface area contributed by atoms with E-state index in [0.717, 1.165) is 16.7 Å². The van der Waals surface area contributed by atoms with E-state index < -0.39 is 11.9 Å². The Balaban J connectivity index is 1.66. The van der Waals surface area contributed by atoms with Crippen LogP contribution in [0.15, 0.2) is 90.0 Å². The van der Waals surface area contributed by atoms with Gasteiger partial charge in [-0.2, -0.15) is 0 Å². The molecule has 0 radical (unpaired) electrons. The Bertz CT molecular complexity index is 1190. The van der Waals surface area contributed by atoms with Gasteiger partial charge in [-0.05, 0) is 53.1 Å². The number of nitrogens with zero attached hydrogens (tertiary/aromatic N) is 1. The number of ketones is 1. The first-order valence-corrected chi connectivity index (χ1v) is 10.8. The van der Waals surface area contributed by atoms with Crippen LogP contribution < -0.4 is 0 Å². The highest BCUT2D eigenvalue weighted by Crippen LogP contribution is 2.24. The van der Waals surface area contributed by atoms with Gasteiger partial charge in [-0.1, -0.05) is 54.6 Å². The van der Waals surface area contributed by atoms with Crippen molar-refractivity contribution in [2.24, 2.45) is 0 Å². The van der Waals surface area contributed by atoms with Crippen LogP contribution in [0.25, 0.3) is 12.2 Å². The molecule has 0 unspecified atom stereocenters. The molecule has 6 heteroatoms. The molecular formula is C28H23NO5. The number of carbonyl (C=O) groups excluding carboxylic acids is 1. The van der Waals surface area contributed by atoms with Crippen molar-refractivity contribution in [1.29, 1.82) is 0 Å². The van der Waals surface area contributed by atoms with Gasteiger partial charge in [0.2, 0.25) is 0 Å². The van der Waals surface area contributed by atoms with E-state index in [4.69, 9.17) is 10.2 Å². The van der Waals surface area contributed by atoms with Crippen molar-refractivity contribution in [3.63, 3.8) is 0 Å². The Morgan fingerprint density at radius 1 is 0.706 bits per heavy atom. The normalized spacial score (nSPS) is 16.6. The van der Waals surface area contributed by atoms with Gasteiger partial charge >= 0.3 is 11.9 Å². The number of carboxylic acid groups (broad SMARTS) is 2. The summed E-state index contributed by atoms with van der Waals surface area (Å²) < 4.78 is 0. The molecule has 0 spiro atoms. The number of benzene rings is 3. The number of piperidine rings is 1. The highest BCUT2D eigenvalue weighted by atomic mass is 16.4. The maximum Gasteiger partial charge on any atom is 0.335 e. The molecule has 3 aromatic carbocycles. The van der Waals surface area contributed by atoms with Crippen molar-refractivity contribution in [3.05, 3.63) is 118 Å². The average molecular weight is 453 g/mol. The third-order valence-corrected chi connectivity index (χ3v) is 5.62. The van der Waals surface area contributed by atoms with Crippen LogP contribution in [0.4, 0.5) is 0 Å². The standard InChI is InChI=1S/C28H23NO5/c30-26-24(14-19-6-10-22(11-7-19)27(31)32)17-29(16-21-4-2-1-3-5-21)18-25(26)15-20-8-12-23(13-9-20)28(33)34/h1-15H,16-18H2,(H,31,32)(H,33,34)/b24-14+,25-15+. The molecule has 0 saturated carbocycles. The Kier molecular flexibility index (Phi) is 6.80. The average Bonchev–Trinajstić information content (AvgIpc) is 2.83. The van der Waals surface area contributed by atoms with Gasteiger partial charge in [0.1, 0.15) is 0 Å². The zero-order valence-electron chi connectivity index (χ0n) is 18.3. The summed E-state index contributed by atoms with van der Waals surface area (Å²) in [5, 5.41) is 18.2. The van der Waals surface area contributed by atoms with Crippen LogP contribution in [-0.2, 0) is 11.3 Å². The van der Waals surface area contributed by atoms with E-state index in [0.29, 0.717) is 30.8 Å². The van der Waals surface area contributed by atoms with Crippen molar-refractivity contribution in [2.75, 3.05) is 13.1 Å². The second-order valence-electron chi connectivity index (χ2n) is 8.15. The van der Waals surface area contributed by atoms with Gasteiger partial charge in [-0.15, -0.1) is 0 Å². The molecule has 34 heavy (non-hydrogen) atoms. The minimum absolute atomic E-state index is 0.0751. The minimum Gasteiger partial charge on any atom is -0.478 e. The molecule has 1 saturated heterocycles. The van der Waals surface area contributed by atoms with Crippen LogP contribution in [0, 0.1) is 0 Å². The maximum atomic E-state index is 13.3. The zero-order chi connectivity index (χ0) is 24.1. The summed E-state index contributed by atoms with van der Waals surface area (Å²) in [7, 11) is 0. The highest BCUT2D eigenvalue weighted by molar-refractivity contribution is 6.14. The lowest BCUT2D eigenvalue weighted by Crippen LogP contribution is -2.37. The number of hydrogen-bond donors (Lipinski definition) is 2. The minimum atomic E-state index is -0.999. The molecule has 0 bridgehead atoms. The molecule has 4 rings (SSSR count). The summed E-state index contributed by atoms with van der Waals surface area (Å²) in [6.07, 6.45) is 3.60. The Hall–Kier alpha value is -4.29. The summed E-state index contributed by atoms with van der Waals surface area (Å²) in [4.78, 5) is 37.8. The molecule has 0 aliphatic carbocycles. The first-order chi connectivity index (χ1) is 16.4. The van der Waals surface area contributed by atoms with E-state index in [9.17, 15) is 14.4 Å². The molecule has 0 aromatic heterocycles. The quantitative estimate of drug-likeness (QED) is 0.528. The number of carbonyl (C=O) groups is 3. The van der Waals surface area contributed by atoms with E-state index in [2.05, 4.69) is 4.90 Å². The summed E-state index contributed by atoms with van der Waals surface area (Å²) in [5.74, 6) is -2.07. The van der Waals surface area contributed by atoms with Gasteiger partial charge in [0.25, 0.3) is 0 Å². The van der Waals surface area contributed by atoms with Crippen molar-refractivity contribution in [1.82, 2.24) is 4.90 Å². The molecule has 170 valence electrons. The van der Waals surface area contributed by atoms with Crippen molar-refractivity contribution in [2.45, 2.75) is 6.54 Å². The highest BCUT2D eigenvalue weighted by Gasteiger charge is 2.26. The lowest BCUT2D eigenvalue weighted by molar-refractivity contribution is -0.113. The van der Waals surface area contributed by atoms with E-state index >= 15 is 0 Å². The number of aromatic carboxylic acids is 2. The molecule has 1 fully saturated rings. The number of hydrogen-bond acceptors (Lipinski definition) is 4. The number of likely N-dealkylation sites (tertiary alicyclic amines) is 1. The van der Waals surface area contributed by atoms with Crippen LogP contribution in [0.3, 0.4) is 0 Å². The Morgan fingerprint density at radius 3 is 1.56 bits per heavy atom. The molecule has 1 aliphatic rings. The second-order valence-corrected chi connectivity index (χ2v) is 8.15. The van der Waals surface area contributed by atoms with Crippen LogP contribution in [0.5, 0.6) is 0 Å². The van der Waals surface area contributed by atoms with Gasteiger partial charge in [0, 0.05) is 30.8 Å². The van der Waals surface area contributed by atoms with Crippen LogP contribution >= 0.6 is 0 Å². The van der Waals surface area contributed by atoms with Crippen molar-refractivity contribution < 1.29 is 24.6 Å². The van der Waals surface area contributed by atoms with E-state index in [1.807, 2.05) is 30.3 Å². The Labute approximate surface area is 197 Å². The molecule has 6 nitrogen and oxygen atoms in total. The van der Waals surface area contributed by atoms with Crippen LogP contribution in [-0.4, -0.2) is 45.9 Å². The van der Waals surface area contributed by atoms with Gasteiger partial charge < -0.3 is 10.2 Å². The van der Waals surface area contributed by atoms with E-state index in [1.54, 1.807) is 36.4 Å². The molecule has 1 aliphatic heterocycles. The SMILES string of the molecule is O=C1/C(=C/c2ccc(C(=O)O)cc2)CN(Cc2ccccc2)C/C1=C\c1ccc(C(=O)O)cc1. The molecular weight excluding hydrogens is 430 g/mol. The largest absolute Gasteiger partial charge is 0.478 e. The predicted molar refractivity (Wildman–Crippen MR) is 129 cm³/mol. The van der Waals surface area contributed by atoms with Crippen molar-refractivity contribution in [3.8, 4) is 0 Å². The molecule has 0 atom stereocenters. The third-order valence-electron chi connectivity index (χ3n) is 5.62. The lowest BCUT2D eigenvalue weighted by Gasteiger charge is -2.30. The van der Waals surface area contributed by atoms with Crippen LogP contribution in [0.1, 0.15) is 37.4 Å². The monoisotopic (exact) mass is 453 g/mol. The summed E-state index contributed by atoms with van der Waals surface area (Å²) in [6.45, 7) is 1.59. The summed E-state index contributed by atoms with van der Waals surface area (Å²) >= 11 is 0. The number of carboxylic acids is 2. The van der Waals surface area contributed by atoms with Gasteiger partial charge in [0.15, 0.2) is 5.78 Å². The van der Waals surface area contributed by atoms with E-state index in [1.165, 1.54) is 24.3 Å². The smallest absolute Gasteiger partial charge is 0.335 e. The molecule has 1 heterocycles. The molecule has 2 N–H and O–H groups in total. The topological polar surface area (TPSA) is 94.9 Å². The first kappa shape index (κ1) is 22.9. The fourth-order valence-corrected chi connectivity index (χ4v) is 3.91. The van der Waals surface area contributed by atoms with E-state index in [-0.39, 0.29) is 16.9 Å². The maximum absolute atomic E-state index is 13.3. The second kappa shape index (κ2) is 10.1. The summed E-state index contributed by atoms with van der Waals surface area (Å²) in [6, 6.07) is 22.8. The lowest BCUT2D eigenvalue weighted by atomic mass is 9.93. The van der Waals surface area contributed by atoms with Crippen molar-refractivity contribution >= 4 is 29.9 Å². The summed E-state index contributed by atoms with van der Waals surface area (Å²) in [5.41, 5.74) is 4.23. The predicted octanol–water partition coefficient (Wildman–Crippen LogP) is 4.63. The first-order valence-electron chi connectivity index (χ1n) is 10.8. The number of Topliss-reactive ketones (excluding diaryl/α,β-unsaturated/α-hetero) is 1. The van der Waals surface area contributed by atoms with Gasteiger partial charge in [0.05, 0.1) is 11.1 Å². The zero-order valence-corrected chi connectivity index (χ0v) is 18.3. The third kappa shape index (κ3) is 5.54. The fraction of sp³-hybridized carbons (Fsp3) is 0.107. The fourth-order valence-electron chi connectivity index (χ4n) is 3.91.